The average molecular weight is 465 g/mol. The fourth-order valence-corrected chi connectivity index (χ4v) is 3.82. The van der Waals surface area contributed by atoms with E-state index in [1.165, 1.54) is 0 Å². The van der Waals surface area contributed by atoms with Crippen molar-refractivity contribution in [3.63, 3.8) is 0 Å². The molecule has 2 aromatic rings. The van der Waals surface area contributed by atoms with Crippen LogP contribution in [0.25, 0.3) is 0 Å². The van der Waals surface area contributed by atoms with Gasteiger partial charge in [-0.05, 0) is 63.4 Å². The molecule has 1 aliphatic heterocycles. The maximum atomic E-state index is 12.9. The zero-order valence-corrected chi connectivity index (χ0v) is 20.3. The molecule has 0 aromatic heterocycles. The van der Waals surface area contributed by atoms with Gasteiger partial charge in [-0.2, -0.15) is 0 Å². The van der Waals surface area contributed by atoms with Gasteiger partial charge in [-0.15, -0.1) is 0 Å². The van der Waals surface area contributed by atoms with Gasteiger partial charge in [0.05, 0.1) is 17.7 Å². The lowest BCUT2D eigenvalue weighted by Crippen LogP contribution is -2.48. The third-order valence-electron chi connectivity index (χ3n) is 5.50. The van der Waals surface area contributed by atoms with Crippen LogP contribution in [0.3, 0.4) is 0 Å². The van der Waals surface area contributed by atoms with E-state index in [0.29, 0.717) is 29.1 Å². The molecule has 8 heteroatoms. The van der Waals surface area contributed by atoms with E-state index < -0.39 is 12.0 Å². The second-order valence-electron chi connectivity index (χ2n) is 8.50. The Morgan fingerprint density at radius 1 is 1.06 bits per heavy atom. The molecule has 2 aromatic carbocycles. The van der Waals surface area contributed by atoms with E-state index in [-0.39, 0.29) is 18.2 Å². The highest BCUT2D eigenvalue weighted by Gasteiger charge is 2.36. The van der Waals surface area contributed by atoms with E-state index in [4.69, 9.17) is 4.74 Å². The zero-order chi connectivity index (χ0) is 24.8. The van der Waals surface area contributed by atoms with Gasteiger partial charge < -0.3 is 20.7 Å². The number of carbonyl (C=O) groups is 3. The van der Waals surface area contributed by atoms with Gasteiger partial charge in [-0.1, -0.05) is 37.3 Å². The third-order valence-corrected chi connectivity index (χ3v) is 5.50. The van der Waals surface area contributed by atoms with Crippen molar-refractivity contribution < 1.29 is 19.1 Å². The Bertz CT molecular complexity index is 1090. The van der Waals surface area contributed by atoms with Gasteiger partial charge >= 0.3 is 18.0 Å². The van der Waals surface area contributed by atoms with Gasteiger partial charge in [0.25, 0.3) is 0 Å². The molecule has 1 aliphatic rings. The highest BCUT2D eigenvalue weighted by molar-refractivity contribution is 6.00. The first-order valence-electron chi connectivity index (χ1n) is 11.4. The largest absolute Gasteiger partial charge is 0.459 e. The molecule has 0 bridgehead atoms. The van der Waals surface area contributed by atoms with Crippen LogP contribution < -0.4 is 16.0 Å². The van der Waals surface area contributed by atoms with Gasteiger partial charge in [-0.3, -0.25) is 4.90 Å². The number of hydrogen-bond acceptors (Lipinski definition) is 4. The predicted molar refractivity (Wildman–Crippen MR) is 132 cm³/mol. The molecule has 0 saturated carbocycles. The number of nitrogens with one attached hydrogen (secondary N) is 3. The first kappa shape index (κ1) is 24.8. The molecule has 0 fully saturated rings. The van der Waals surface area contributed by atoms with Crippen molar-refractivity contribution in [3.8, 4) is 0 Å². The molecule has 0 radical (unpaired) electrons. The minimum atomic E-state index is -0.651. The second kappa shape index (κ2) is 10.9. The van der Waals surface area contributed by atoms with E-state index in [1.807, 2.05) is 38.1 Å². The van der Waals surface area contributed by atoms with Gasteiger partial charge in [0.1, 0.15) is 0 Å². The number of anilines is 2. The lowest BCUT2D eigenvalue weighted by Gasteiger charge is -2.35. The van der Waals surface area contributed by atoms with Crippen LogP contribution in [0.4, 0.5) is 21.0 Å². The fraction of sp³-hybridized carbons (Fsp3) is 0.346. The average Bonchev–Trinajstić information content (AvgIpc) is 2.77. The van der Waals surface area contributed by atoms with Gasteiger partial charge in [0.2, 0.25) is 0 Å². The van der Waals surface area contributed by atoms with Crippen molar-refractivity contribution in [2.45, 2.75) is 53.2 Å². The highest BCUT2D eigenvalue weighted by atomic mass is 16.5. The summed E-state index contributed by atoms with van der Waals surface area (Å²) in [5.74, 6) is -0.460. The van der Waals surface area contributed by atoms with E-state index >= 15 is 0 Å². The molecule has 8 nitrogen and oxygen atoms in total. The molecular weight excluding hydrogens is 432 g/mol. The Morgan fingerprint density at radius 2 is 1.74 bits per heavy atom. The Kier molecular flexibility index (Phi) is 7.94. The van der Waals surface area contributed by atoms with Crippen molar-refractivity contribution in [1.29, 1.82) is 0 Å². The quantitative estimate of drug-likeness (QED) is 0.482. The second-order valence-corrected chi connectivity index (χ2v) is 8.50. The first-order valence-corrected chi connectivity index (χ1v) is 11.4. The Hall–Kier alpha value is -3.81. The smallest absolute Gasteiger partial charge is 0.338 e. The molecule has 1 heterocycles. The first-order chi connectivity index (χ1) is 16.2. The third kappa shape index (κ3) is 5.75. The molecule has 180 valence electrons. The summed E-state index contributed by atoms with van der Waals surface area (Å²) in [5, 5.41) is 8.55. The topological polar surface area (TPSA) is 99.8 Å². The molecule has 34 heavy (non-hydrogen) atoms. The van der Waals surface area contributed by atoms with Crippen LogP contribution in [0.5, 0.6) is 0 Å². The van der Waals surface area contributed by atoms with Crippen LogP contribution in [0.2, 0.25) is 0 Å². The van der Waals surface area contributed by atoms with Crippen LogP contribution in [-0.2, 0) is 9.53 Å². The molecule has 0 aliphatic carbocycles. The number of nitrogens with zero attached hydrogens (tertiary/aromatic N) is 1. The molecule has 3 N–H and O–H groups in total. The summed E-state index contributed by atoms with van der Waals surface area (Å²) in [6, 6.07) is 13.3. The minimum Gasteiger partial charge on any atom is -0.459 e. The van der Waals surface area contributed by atoms with E-state index in [0.717, 1.165) is 17.7 Å². The number of ether oxygens (including phenoxy) is 1. The number of rotatable bonds is 7. The Balaban J connectivity index is 1.81. The number of aryl methyl sites for hydroxylation is 1. The van der Waals surface area contributed by atoms with Crippen molar-refractivity contribution in [3.05, 3.63) is 70.9 Å². The molecule has 4 amide bonds. The van der Waals surface area contributed by atoms with Gasteiger partial charge in [-0.25, -0.2) is 14.4 Å². The van der Waals surface area contributed by atoms with E-state index in [9.17, 15) is 14.4 Å². The number of benzene rings is 2. The number of carbonyl (C=O) groups excluding carboxylic acids is 3. The highest BCUT2D eigenvalue weighted by Crippen LogP contribution is 2.32. The van der Waals surface area contributed by atoms with Crippen LogP contribution in [0.15, 0.2) is 59.8 Å². The monoisotopic (exact) mass is 464 g/mol. The Labute approximate surface area is 200 Å². The van der Waals surface area contributed by atoms with Gasteiger partial charge in [0, 0.05) is 23.6 Å². The number of amides is 4. The van der Waals surface area contributed by atoms with Crippen LogP contribution in [-0.4, -0.2) is 35.6 Å². The van der Waals surface area contributed by atoms with Crippen LogP contribution >= 0.6 is 0 Å². The normalized spacial score (nSPS) is 15.8. The number of hydrogen-bond donors (Lipinski definition) is 3. The summed E-state index contributed by atoms with van der Waals surface area (Å²) >= 11 is 0. The summed E-state index contributed by atoms with van der Waals surface area (Å²) < 4.78 is 5.48. The molecule has 3 rings (SSSR count). The summed E-state index contributed by atoms with van der Waals surface area (Å²) in [4.78, 5) is 39.7. The molecule has 1 unspecified atom stereocenters. The summed E-state index contributed by atoms with van der Waals surface area (Å²) in [5.41, 5.74) is 3.97. The van der Waals surface area contributed by atoms with Crippen molar-refractivity contribution >= 4 is 29.4 Å². The summed E-state index contributed by atoms with van der Waals surface area (Å²) in [7, 11) is 0. The SMILES string of the molecule is CCCN1C(=O)NC(c2ccc(NC(=O)Nc3ccccc3C)cc2)C(C(=O)OC(C)C)=C1C. The molecular formula is C26H32N4O4. The van der Waals surface area contributed by atoms with E-state index in [2.05, 4.69) is 16.0 Å². The predicted octanol–water partition coefficient (Wildman–Crippen LogP) is 5.34. The van der Waals surface area contributed by atoms with Crippen LogP contribution in [0, 0.1) is 6.92 Å². The minimum absolute atomic E-state index is 0.259. The Morgan fingerprint density at radius 3 is 2.35 bits per heavy atom. The van der Waals surface area contributed by atoms with E-state index in [1.54, 1.807) is 49.9 Å². The molecule has 1 atom stereocenters. The van der Waals surface area contributed by atoms with Crippen molar-refractivity contribution in [1.82, 2.24) is 10.2 Å². The number of esters is 1. The fourth-order valence-electron chi connectivity index (χ4n) is 3.82. The number of urea groups is 2. The number of allylic oxidation sites excluding steroid dienone is 1. The lowest BCUT2D eigenvalue weighted by atomic mass is 9.94. The van der Waals surface area contributed by atoms with Crippen molar-refractivity contribution in [2.24, 2.45) is 0 Å². The molecule has 0 spiro atoms. The summed E-state index contributed by atoms with van der Waals surface area (Å²) in [6.07, 6.45) is 0.469. The van der Waals surface area contributed by atoms with Crippen LogP contribution in [0.1, 0.15) is 51.3 Å². The number of para-hydroxylation sites is 1. The van der Waals surface area contributed by atoms with Crippen molar-refractivity contribution in [2.75, 3.05) is 17.2 Å². The maximum absolute atomic E-state index is 12.9. The maximum Gasteiger partial charge on any atom is 0.338 e. The molecule has 0 saturated heterocycles. The summed E-state index contributed by atoms with van der Waals surface area (Å²) in [6.45, 7) is 9.74. The van der Waals surface area contributed by atoms with Gasteiger partial charge in [0.15, 0.2) is 0 Å². The standard InChI is InChI=1S/C26H32N4O4/c1-6-15-30-18(5)22(24(31)34-16(2)3)23(29-26(30)33)19-11-13-20(14-12-19)27-25(32)28-21-10-8-7-9-17(21)4/h7-14,16,23H,6,15H2,1-5H3,(H,29,33)(H2,27,28,32). The zero-order valence-electron chi connectivity index (χ0n) is 20.3. The lowest BCUT2D eigenvalue weighted by molar-refractivity contribution is -0.143.